The van der Waals surface area contributed by atoms with Gasteiger partial charge in [-0.2, -0.15) is 0 Å². The van der Waals surface area contributed by atoms with Gasteiger partial charge in [0.15, 0.2) is 0 Å². The van der Waals surface area contributed by atoms with Gasteiger partial charge in [0.2, 0.25) is 0 Å². The minimum absolute atomic E-state index is 0.00800. The van der Waals surface area contributed by atoms with Gasteiger partial charge in [-0.25, -0.2) is 0 Å². The molecule has 0 radical (unpaired) electrons. The van der Waals surface area contributed by atoms with Gasteiger partial charge in [-0.3, -0.25) is 14.9 Å². The molecular formula is C14H19N3O4. The van der Waals surface area contributed by atoms with Crippen molar-refractivity contribution in [3.8, 4) is 0 Å². The van der Waals surface area contributed by atoms with Crippen LogP contribution in [-0.2, 0) is 4.74 Å². The third-order valence-electron chi connectivity index (χ3n) is 3.38. The van der Waals surface area contributed by atoms with E-state index in [-0.39, 0.29) is 17.3 Å². The van der Waals surface area contributed by atoms with Gasteiger partial charge in [-0.1, -0.05) is 0 Å². The van der Waals surface area contributed by atoms with Crippen molar-refractivity contribution in [3.05, 3.63) is 33.9 Å². The number of nitro groups is 1. The van der Waals surface area contributed by atoms with Crippen LogP contribution in [-0.4, -0.2) is 36.6 Å². The summed E-state index contributed by atoms with van der Waals surface area (Å²) in [6.45, 7) is 3.80. The van der Waals surface area contributed by atoms with Crippen molar-refractivity contribution in [2.24, 2.45) is 0 Å². The first-order valence-electron chi connectivity index (χ1n) is 7.02. The van der Waals surface area contributed by atoms with Crippen molar-refractivity contribution >= 4 is 17.3 Å². The molecule has 1 aromatic carbocycles. The van der Waals surface area contributed by atoms with Crippen LogP contribution in [0.3, 0.4) is 0 Å². The van der Waals surface area contributed by atoms with E-state index in [0.717, 1.165) is 12.8 Å². The van der Waals surface area contributed by atoms with E-state index in [2.05, 4.69) is 10.6 Å². The van der Waals surface area contributed by atoms with Crippen molar-refractivity contribution in [2.45, 2.75) is 25.8 Å². The number of nitrogens with one attached hydrogen (secondary N) is 2. The van der Waals surface area contributed by atoms with E-state index in [4.69, 9.17) is 4.74 Å². The van der Waals surface area contributed by atoms with Crippen LogP contribution in [0.2, 0.25) is 0 Å². The quantitative estimate of drug-likeness (QED) is 0.639. The Morgan fingerprint density at radius 1 is 1.43 bits per heavy atom. The summed E-state index contributed by atoms with van der Waals surface area (Å²) in [5.74, 6) is -0.409. The molecule has 0 bridgehead atoms. The summed E-state index contributed by atoms with van der Waals surface area (Å²) in [5, 5.41) is 17.0. The molecule has 1 fully saturated rings. The third-order valence-corrected chi connectivity index (χ3v) is 3.38. The molecule has 114 valence electrons. The molecule has 1 saturated heterocycles. The zero-order chi connectivity index (χ0) is 15.2. The van der Waals surface area contributed by atoms with Crippen LogP contribution in [0.4, 0.5) is 11.4 Å². The summed E-state index contributed by atoms with van der Waals surface area (Å²) >= 11 is 0. The van der Waals surface area contributed by atoms with Gasteiger partial charge >= 0.3 is 0 Å². The molecule has 7 nitrogen and oxygen atoms in total. The Morgan fingerprint density at radius 3 is 2.76 bits per heavy atom. The highest BCUT2D eigenvalue weighted by molar-refractivity contribution is 5.99. The molecule has 0 aliphatic carbocycles. The molecule has 0 spiro atoms. The Balaban J connectivity index is 2.19. The van der Waals surface area contributed by atoms with Gasteiger partial charge in [0, 0.05) is 37.6 Å². The molecule has 2 rings (SSSR count). The van der Waals surface area contributed by atoms with E-state index in [1.54, 1.807) is 6.07 Å². The van der Waals surface area contributed by atoms with Crippen molar-refractivity contribution < 1.29 is 14.5 Å². The molecular weight excluding hydrogens is 274 g/mol. The average molecular weight is 293 g/mol. The fourth-order valence-electron chi connectivity index (χ4n) is 2.30. The molecule has 0 saturated carbocycles. The van der Waals surface area contributed by atoms with Gasteiger partial charge in [0.25, 0.3) is 11.6 Å². The second-order valence-electron chi connectivity index (χ2n) is 4.88. The number of anilines is 1. The predicted molar refractivity (Wildman–Crippen MR) is 78.6 cm³/mol. The van der Waals surface area contributed by atoms with E-state index in [1.807, 2.05) is 6.92 Å². The van der Waals surface area contributed by atoms with Crippen LogP contribution in [0.25, 0.3) is 0 Å². The second-order valence-corrected chi connectivity index (χ2v) is 4.88. The van der Waals surface area contributed by atoms with Crippen LogP contribution >= 0.6 is 0 Å². The Kier molecular flexibility index (Phi) is 5.10. The zero-order valence-electron chi connectivity index (χ0n) is 11.9. The van der Waals surface area contributed by atoms with E-state index in [1.165, 1.54) is 12.1 Å². The largest absolute Gasteiger partial charge is 0.385 e. The summed E-state index contributed by atoms with van der Waals surface area (Å²) < 4.78 is 5.23. The Labute approximate surface area is 122 Å². The van der Waals surface area contributed by atoms with Crippen molar-refractivity contribution in [1.29, 1.82) is 0 Å². The van der Waals surface area contributed by atoms with Gasteiger partial charge < -0.3 is 15.4 Å². The molecule has 0 atom stereocenters. The minimum Gasteiger partial charge on any atom is -0.385 e. The molecule has 1 heterocycles. The van der Waals surface area contributed by atoms with Gasteiger partial charge in [-0.15, -0.1) is 0 Å². The van der Waals surface area contributed by atoms with Crippen LogP contribution in [0.1, 0.15) is 30.1 Å². The molecule has 2 N–H and O–H groups in total. The lowest BCUT2D eigenvalue weighted by molar-refractivity contribution is -0.385. The van der Waals surface area contributed by atoms with Crippen LogP contribution in [0, 0.1) is 10.1 Å². The minimum atomic E-state index is -0.533. The first-order valence-corrected chi connectivity index (χ1v) is 7.02. The average Bonchev–Trinajstić information content (AvgIpc) is 2.48. The van der Waals surface area contributed by atoms with E-state index < -0.39 is 10.8 Å². The summed E-state index contributed by atoms with van der Waals surface area (Å²) in [5.41, 5.74) is 0.603. The highest BCUT2D eigenvalue weighted by Crippen LogP contribution is 2.23. The highest BCUT2D eigenvalue weighted by Gasteiger charge is 2.23. The van der Waals surface area contributed by atoms with Crippen LogP contribution in [0.15, 0.2) is 18.2 Å². The van der Waals surface area contributed by atoms with Gasteiger partial charge in [0.05, 0.1) is 4.92 Å². The lowest BCUT2D eigenvalue weighted by atomic mass is 10.1. The summed E-state index contributed by atoms with van der Waals surface area (Å²) in [6, 6.07) is 4.49. The monoisotopic (exact) mass is 293 g/mol. The van der Waals surface area contributed by atoms with Crippen LogP contribution < -0.4 is 10.6 Å². The summed E-state index contributed by atoms with van der Waals surface area (Å²) in [6.07, 6.45) is 1.46. The smallest absolute Gasteiger partial charge is 0.282 e. The molecule has 7 heteroatoms. The maximum Gasteiger partial charge on any atom is 0.282 e. The SMILES string of the molecule is CCNc1ccc([N+](=O)[O-])c(C(=O)NC2CCOCC2)c1. The molecule has 1 aliphatic rings. The fourth-order valence-corrected chi connectivity index (χ4v) is 2.30. The van der Waals surface area contributed by atoms with Crippen LogP contribution in [0.5, 0.6) is 0 Å². The van der Waals surface area contributed by atoms with Crippen molar-refractivity contribution in [3.63, 3.8) is 0 Å². The van der Waals surface area contributed by atoms with Crippen molar-refractivity contribution in [2.75, 3.05) is 25.1 Å². The Morgan fingerprint density at radius 2 is 2.14 bits per heavy atom. The highest BCUT2D eigenvalue weighted by atomic mass is 16.6. The number of benzene rings is 1. The Hall–Kier alpha value is -2.15. The molecule has 0 unspecified atom stereocenters. The number of amides is 1. The molecule has 21 heavy (non-hydrogen) atoms. The lowest BCUT2D eigenvalue weighted by Crippen LogP contribution is -2.39. The van der Waals surface area contributed by atoms with E-state index >= 15 is 0 Å². The molecule has 0 aromatic heterocycles. The Bertz CT molecular complexity index is 527. The number of carbonyl (C=O) groups excluding carboxylic acids is 1. The fraction of sp³-hybridized carbons (Fsp3) is 0.500. The lowest BCUT2D eigenvalue weighted by Gasteiger charge is -2.23. The normalized spacial score (nSPS) is 15.5. The number of nitro benzene ring substituents is 1. The number of nitrogens with zero attached hydrogens (tertiary/aromatic N) is 1. The molecule has 1 aliphatic heterocycles. The number of rotatable bonds is 5. The molecule has 1 aromatic rings. The topological polar surface area (TPSA) is 93.5 Å². The first-order chi connectivity index (χ1) is 10.1. The summed E-state index contributed by atoms with van der Waals surface area (Å²) in [4.78, 5) is 22.9. The zero-order valence-corrected chi connectivity index (χ0v) is 11.9. The second kappa shape index (κ2) is 7.03. The number of ether oxygens (including phenoxy) is 1. The number of hydrogen-bond donors (Lipinski definition) is 2. The van der Waals surface area contributed by atoms with Gasteiger partial charge in [0.1, 0.15) is 5.56 Å². The first kappa shape index (κ1) is 15.2. The number of carbonyl (C=O) groups is 1. The van der Waals surface area contributed by atoms with E-state index in [0.29, 0.717) is 25.4 Å². The van der Waals surface area contributed by atoms with Gasteiger partial charge in [-0.05, 0) is 31.9 Å². The maximum absolute atomic E-state index is 12.3. The predicted octanol–water partition coefficient (Wildman–Crippen LogP) is 1.94. The molecule has 1 amide bonds. The maximum atomic E-state index is 12.3. The summed E-state index contributed by atoms with van der Waals surface area (Å²) in [7, 11) is 0. The van der Waals surface area contributed by atoms with Crippen molar-refractivity contribution in [1.82, 2.24) is 5.32 Å². The standard InChI is InChI=1S/C14H19N3O4/c1-2-15-11-3-4-13(17(19)20)12(9-11)14(18)16-10-5-7-21-8-6-10/h3-4,9-10,15H,2,5-8H2,1H3,(H,16,18). The number of hydrogen-bond acceptors (Lipinski definition) is 5. The third kappa shape index (κ3) is 3.91. The van der Waals surface area contributed by atoms with E-state index in [9.17, 15) is 14.9 Å².